The SMILES string of the molecule is COC[C@@H]1CNCc2cn(CC3CCOCC3)nc21. The lowest BCUT2D eigenvalue weighted by Gasteiger charge is -2.22. The molecule has 5 heteroatoms. The minimum absolute atomic E-state index is 0.393. The highest BCUT2D eigenvalue weighted by Crippen LogP contribution is 2.24. The van der Waals surface area contributed by atoms with E-state index in [0.29, 0.717) is 11.8 Å². The molecule has 1 aromatic rings. The van der Waals surface area contributed by atoms with Crippen molar-refractivity contribution in [3.63, 3.8) is 0 Å². The Morgan fingerprint density at radius 1 is 1.47 bits per heavy atom. The van der Waals surface area contributed by atoms with Crippen LogP contribution in [0.3, 0.4) is 0 Å². The normalized spacial score (nSPS) is 24.4. The van der Waals surface area contributed by atoms with E-state index in [-0.39, 0.29) is 0 Å². The summed E-state index contributed by atoms with van der Waals surface area (Å²) in [6.45, 7) is 5.47. The van der Waals surface area contributed by atoms with Crippen LogP contribution in [0.5, 0.6) is 0 Å². The molecule has 0 unspecified atom stereocenters. The summed E-state index contributed by atoms with van der Waals surface area (Å²) in [6, 6.07) is 0. The Morgan fingerprint density at radius 2 is 2.32 bits per heavy atom. The standard InChI is InChI=1S/C14H23N3O2/c1-18-10-13-7-15-6-12-9-17(16-14(12)13)8-11-2-4-19-5-3-11/h9,11,13,15H,2-8,10H2,1H3/t13-/m0/s1. The molecule has 0 bridgehead atoms. The third-order valence-corrected chi connectivity index (χ3v) is 4.12. The second-order valence-corrected chi connectivity index (χ2v) is 5.60. The minimum atomic E-state index is 0.393. The average Bonchev–Trinajstić information content (AvgIpc) is 2.84. The zero-order chi connectivity index (χ0) is 13.1. The molecule has 19 heavy (non-hydrogen) atoms. The first-order valence-electron chi connectivity index (χ1n) is 7.20. The summed E-state index contributed by atoms with van der Waals surface area (Å²) in [5, 5.41) is 8.24. The second-order valence-electron chi connectivity index (χ2n) is 5.60. The van der Waals surface area contributed by atoms with Crippen molar-refractivity contribution >= 4 is 0 Å². The molecular formula is C14H23N3O2. The predicted molar refractivity (Wildman–Crippen MR) is 72.1 cm³/mol. The summed E-state index contributed by atoms with van der Waals surface area (Å²) in [7, 11) is 1.76. The van der Waals surface area contributed by atoms with Gasteiger partial charge in [0.25, 0.3) is 0 Å². The fraction of sp³-hybridized carbons (Fsp3) is 0.786. The Morgan fingerprint density at radius 3 is 3.11 bits per heavy atom. The van der Waals surface area contributed by atoms with Crippen molar-refractivity contribution in [2.75, 3.05) is 33.5 Å². The number of fused-ring (bicyclic) bond motifs is 1. The summed E-state index contributed by atoms with van der Waals surface area (Å²) >= 11 is 0. The zero-order valence-corrected chi connectivity index (χ0v) is 11.6. The van der Waals surface area contributed by atoms with Crippen molar-refractivity contribution in [3.8, 4) is 0 Å². The van der Waals surface area contributed by atoms with Crippen molar-refractivity contribution in [1.29, 1.82) is 0 Å². The molecule has 1 aromatic heterocycles. The van der Waals surface area contributed by atoms with E-state index in [4.69, 9.17) is 14.6 Å². The number of rotatable bonds is 4. The van der Waals surface area contributed by atoms with Gasteiger partial charge in [0.2, 0.25) is 0 Å². The maximum Gasteiger partial charge on any atom is 0.0736 e. The lowest BCUT2D eigenvalue weighted by molar-refractivity contribution is 0.0601. The first-order valence-corrected chi connectivity index (χ1v) is 7.20. The number of methoxy groups -OCH3 is 1. The number of hydrogen-bond acceptors (Lipinski definition) is 4. The van der Waals surface area contributed by atoms with Crippen molar-refractivity contribution in [1.82, 2.24) is 15.1 Å². The predicted octanol–water partition coefficient (Wildman–Crippen LogP) is 1.14. The lowest BCUT2D eigenvalue weighted by Crippen LogP contribution is -2.30. The van der Waals surface area contributed by atoms with Crippen LogP contribution in [0, 0.1) is 5.92 Å². The number of hydrogen-bond donors (Lipinski definition) is 1. The number of aromatic nitrogens is 2. The molecule has 1 fully saturated rings. The summed E-state index contributed by atoms with van der Waals surface area (Å²) in [6.07, 6.45) is 4.52. The van der Waals surface area contributed by atoms with Gasteiger partial charge in [0, 0.05) is 57.6 Å². The average molecular weight is 265 g/mol. The molecule has 3 heterocycles. The highest BCUT2D eigenvalue weighted by atomic mass is 16.5. The molecule has 0 amide bonds. The van der Waals surface area contributed by atoms with Gasteiger partial charge >= 0.3 is 0 Å². The minimum Gasteiger partial charge on any atom is -0.384 e. The van der Waals surface area contributed by atoms with Gasteiger partial charge in [0.05, 0.1) is 12.3 Å². The Bertz CT molecular complexity index is 413. The van der Waals surface area contributed by atoms with Gasteiger partial charge < -0.3 is 14.8 Å². The molecule has 2 aliphatic rings. The first-order chi connectivity index (χ1) is 9.36. The van der Waals surface area contributed by atoms with Crippen molar-refractivity contribution < 1.29 is 9.47 Å². The van der Waals surface area contributed by atoms with Crippen LogP contribution in [-0.4, -0.2) is 43.3 Å². The number of ether oxygens (including phenoxy) is 2. The van der Waals surface area contributed by atoms with Crippen LogP contribution < -0.4 is 5.32 Å². The molecule has 0 spiro atoms. The molecule has 1 N–H and O–H groups in total. The highest BCUT2D eigenvalue weighted by Gasteiger charge is 2.24. The molecule has 0 saturated carbocycles. The van der Waals surface area contributed by atoms with E-state index in [1.54, 1.807) is 7.11 Å². The third kappa shape index (κ3) is 2.99. The number of nitrogens with zero attached hydrogens (tertiary/aromatic N) is 2. The van der Waals surface area contributed by atoms with E-state index in [1.807, 2.05) is 0 Å². The van der Waals surface area contributed by atoms with Crippen LogP contribution in [0.2, 0.25) is 0 Å². The summed E-state index contributed by atoms with van der Waals surface area (Å²) in [4.78, 5) is 0. The molecule has 0 aliphatic carbocycles. The van der Waals surface area contributed by atoms with E-state index in [1.165, 1.54) is 11.3 Å². The topological polar surface area (TPSA) is 48.3 Å². The lowest BCUT2D eigenvalue weighted by atomic mass is 9.99. The van der Waals surface area contributed by atoms with Gasteiger partial charge in [-0.3, -0.25) is 4.68 Å². The van der Waals surface area contributed by atoms with Gasteiger partial charge in [-0.05, 0) is 18.8 Å². The van der Waals surface area contributed by atoms with E-state index in [0.717, 1.165) is 52.3 Å². The Labute approximate surface area is 114 Å². The van der Waals surface area contributed by atoms with Crippen molar-refractivity contribution in [2.45, 2.75) is 31.8 Å². The van der Waals surface area contributed by atoms with Crippen LogP contribution in [0.25, 0.3) is 0 Å². The van der Waals surface area contributed by atoms with Gasteiger partial charge in [-0.1, -0.05) is 0 Å². The van der Waals surface area contributed by atoms with Crippen LogP contribution in [0.15, 0.2) is 6.20 Å². The molecule has 0 radical (unpaired) electrons. The van der Waals surface area contributed by atoms with Crippen LogP contribution in [0.4, 0.5) is 0 Å². The van der Waals surface area contributed by atoms with E-state index in [2.05, 4.69) is 16.2 Å². The summed E-state index contributed by atoms with van der Waals surface area (Å²) in [5.41, 5.74) is 2.56. The fourth-order valence-electron chi connectivity index (χ4n) is 3.06. The van der Waals surface area contributed by atoms with Gasteiger partial charge in [0.15, 0.2) is 0 Å². The maximum absolute atomic E-state index is 5.41. The van der Waals surface area contributed by atoms with Crippen molar-refractivity contribution in [3.05, 3.63) is 17.5 Å². The molecule has 3 rings (SSSR count). The van der Waals surface area contributed by atoms with E-state index < -0.39 is 0 Å². The van der Waals surface area contributed by atoms with Crippen LogP contribution in [0.1, 0.15) is 30.0 Å². The molecule has 2 aliphatic heterocycles. The largest absolute Gasteiger partial charge is 0.384 e. The number of nitrogens with one attached hydrogen (secondary N) is 1. The quantitative estimate of drug-likeness (QED) is 0.887. The van der Waals surface area contributed by atoms with Gasteiger partial charge in [0.1, 0.15) is 0 Å². The Hall–Kier alpha value is -0.910. The molecular weight excluding hydrogens is 242 g/mol. The third-order valence-electron chi connectivity index (χ3n) is 4.12. The smallest absolute Gasteiger partial charge is 0.0736 e. The Balaban J connectivity index is 1.70. The van der Waals surface area contributed by atoms with Crippen LogP contribution >= 0.6 is 0 Å². The molecule has 106 valence electrons. The van der Waals surface area contributed by atoms with E-state index in [9.17, 15) is 0 Å². The van der Waals surface area contributed by atoms with Crippen LogP contribution in [-0.2, 0) is 22.6 Å². The molecule has 1 saturated heterocycles. The monoisotopic (exact) mass is 265 g/mol. The fourth-order valence-corrected chi connectivity index (χ4v) is 3.06. The highest BCUT2D eigenvalue weighted by molar-refractivity contribution is 5.24. The maximum atomic E-state index is 5.41. The summed E-state index contributed by atoms with van der Waals surface area (Å²) < 4.78 is 12.8. The first kappa shape index (κ1) is 13.1. The second kappa shape index (κ2) is 6.03. The molecule has 0 aromatic carbocycles. The van der Waals surface area contributed by atoms with Crippen molar-refractivity contribution in [2.24, 2.45) is 5.92 Å². The zero-order valence-electron chi connectivity index (χ0n) is 11.6. The molecule has 1 atom stereocenters. The molecule has 5 nitrogen and oxygen atoms in total. The summed E-state index contributed by atoms with van der Waals surface area (Å²) in [5.74, 6) is 1.11. The Kier molecular flexibility index (Phi) is 4.15. The van der Waals surface area contributed by atoms with Gasteiger partial charge in [-0.2, -0.15) is 5.10 Å². The van der Waals surface area contributed by atoms with Gasteiger partial charge in [-0.25, -0.2) is 0 Å². The van der Waals surface area contributed by atoms with E-state index >= 15 is 0 Å². The van der Waals surface area contributed by atoms with Gasteiger partial charge in [-0.15, -0.1) is 0 Å².